The minimum Gasteiger partial charge on any atom is -0.480 e. The van der Waals surface area contributed by atoms with Crippen LogP contribution in [0.25, 0.3) is 0 Å². The van der Waals surface area contributed by atoms with E-state index in [-0.39, 0.29) is 18.0 Å². The van der Waals surface area contributed by atoms with Crippen molar-refractivity contribution in [3.63, 3.8) is 0 Å². The van der Waals surface area contributed by atoms with Gasteiger partial charge in [-0.2, -0.15) is 9.82 Å². The molecule has 25 heavy (non-hydrogen) atoms. The Morgan fingerprint density at radius 3 is 2.44 bits per heavy atom. The number of sulfonamides is 1. The number of carboxylic acids is 1. The van der Waals surface area contributed by atoms with Crippen molar-refractivity contribution in [1.29, 1.82) is 0 Å². The number of rotatable bonds is 9. The van der Waals surface area contributed by atoms with Crippen molar-refractivity contribution < 1.29 is 27.9 Å². The zero-order valence-electron chi connectivity index (χ0n) is 14.9. The summed E-state index contributed by atoms with van der Waals surface area (Å²) >= 11 is 0. The number of nitrogens with one attached hydrogen (secondary N) is 1. The van der Waals surface area contributed by atoms with E-state index in [1.54, 1.807) is 20.9 Å². The van der Waals surface area contributed by atoms with Gasteiger partial charge in [-0.3, -0.25) is 14.3 Å². The maximum Gasteiger partial charge on any atom is 0.323 e. The van der Waals surface area contributed by atoms with E-state index in [4.69, 9.17) is 9.84 Å². The van der Waals surface area contributed by atoms with E-state index < -0.39 is 34.5 Å². The van der Waals surface area contributed by atoms with Crippen molar-refractivity contribution in [3.05, 3.63) is 11.4 Å². The largest absolute Gasteiger partial charge is 0.480 e. The first kappa shape index (κ1) is 21.1. The summed E-state index contributed by atoms with van der Waals surface area (Å²) < 4.78 is 33.7. The second-order valence-electron chi connectivity index (χ2n) is 5.61. The third-order valence-electron chi connectivity index (χ3n) is 3.62. The number of nitrogens with zero attached hydrogens (tertiary/aromatic N) is 3. The van der Waals surface area contributed by atoms with Gasteiger partial charge in [-0.05, 0) is 20.8 Å². The second kappa shape index (κ2) is 8.41. The topological polar surface area (TPSA) is 131 Å². The number of aromatic nitrogens is 2. The van der Waals surface area contributed by atoms with Crippen LogP contribution in [0.4, 0.5) is 0 Å². The van der Waals surface area contributed by atoms with E-state index in [0.717, 1.165) is 4.90 Å². The lowest BCUT2D eigenvalue weighted by Crippen LogP contribution is -2.49. The average molecular weight is 376 g/mol. The fourth-order valence-corrected chi connectivity index (χ4v) is 4.03. The van der Waals surface area contributed by atoms with E-state index in [1.165, 1.54) is 18.7 Å². The fraction of sp³-hybridized carbons (Fsp3) is 0.643. The van der Waals surface area contributed by atoms with Gasteiger partial charge in [-0.25, -0.2) is 8.42 Å². The summed E-state index contributed by atoms with van der Waals surface area (Å²) in [5, 5.41) is 13.0. The lowest BCUT2D eigenvalue weighted by molar-refractivity contribution is -0.145. The Hall–Kier alpha value is -1.98. The predicted molar refractivity (Wildman–Crippen MR) is 88.6 cm³/mol. The van der Waals surface area contributed by atoms with Crippen LogP contribution in [0.15, 0.2) is 4.90 Å². The second-order valence-corrected chi connectivity index (χ2v) is 7.26. The van der Waals surface area contributed by atoms with Crippen molar-refractivity contribution in [2.24, 2.45) is 7.05 Å². The normalized spacial score (nSPS) is 12.8. The molecule has 2 N–H and O–H groups in total. The van der Waals surface area contributed by atoms with E-state index >= 15 is 0 Å². The smallest absolute Gasteiger partial charge is 0.323 e. The summed E-state index contributed by atoms with van der Waals surface area (Å²) in [4.78, 5) is 24.4. The highest BCUT2D eigenvalue weighted by Gasteiger charge is 2.30. The van der Waals surface area contributed by atoms with Gasteiger partial charge >= 0.3 is 5.97 Å². The number of hydrogen-bond acceptors (Lipinski definition) is 6. The number of ether oxygens (including phenoxy) is 1. The fourth-order valence-electron chi connectivity index (χ4n) is 2.39. The molecule has 0 aliphatic rings. The van der Waals surface area contributed by atoms with Crippen LogP contribution < -0.4 is 4.72 Å². The van der Waals surface area contributed by atoms with Gasteiger partial charge in [0, 0.05) is 20.7 Å². The maximum absolute atomic E-state index is 12.6. The Kier molecular flexibility index (Phi) is 7.08. The summed E-state index contributed by atoms with van der Waals surface area (Å²) in [6.45, 7) is 4.17. The molecule has 0 aliphatic carbocycles. The molecule has 11 heteroatoms. The van der Waals surface area contributed by atoms with Crippen molar-refractivity contribution in [2.45, 2.75) is 31.7 Å². The van der Waals surface area contributed by atoms with Gasteiger partial charge in [-0.1, -0.05) is 0 Å². The molecule has 0 aliphatic heterocycles. The molecule has 1 aromatic heterocycles. The molecule has 0 saturated carbocycles. The van der Waals surface area contributed by atoms with Gasteiger partial charge in [0.05, 0.1) is 24.0 Å². The van der Waals surface area contributed by atoms with Gasteiger partial charge in [-0.15, -0.1) is 0 Å². The Morgan fingerprint density at radius 1 is 1.40 bits per heavy atom. The molecular weight excluding hydrogens is 352 g/mol. The quantitative estimate of drug-likeness (QED) is 0.580. The molecule has 1 rings (SSSR count). The summed E-state index contributed by atoms with van der Waals surface area (Å²) in [5.41, 5.74) is 0.750. The van der Waals surface area contributed by atoms with Crippen molar-refractivity contribution in [2.75, 3.05) is 26.8 Å². The minimum atomic E-state index is -3.99. The number of aryl methyl sites for hydroxylation is 2. The van der Waals surface area contributed by atoms with Crippen LogP contribution in [0, 0.1) is 13.8 Å². The lowest BCUT2D eigenvalue weighted by atomic mass is 10.3. The monoisotopic (exact) mass is 376 g/mol. The highest BCUT2D eigenvalue weighted by Crippen LogP contribution is 2.18. The number of methoxy groups -OCH3 is 1. The van der Waals surface area contributed by atoms with E-state index in [2.05, 4.69) is 9.82 Å². The Morgan fingerprint density at radius 2 is 2.00 bits per heavy atom. The highest BCUT2D eigenvalue weighted by molar-refractivity contribution is 7.89. The van der Waals surface area contributed by atoms with Crippen LogP contribution in [-0.2, 0) is 31.4 Å². The Bertz CT molecular complexity index is 743. The first-order chi connectivity index (χ1) is 11.5. The molecule has 1 heterocycles. The van der Waals surface area contributed by atoms with E-state index in [9.17, 15) is 18.0 Å². The van der Waals surface area contributed by atoms with Crippen LogP contribution in [0.3, 0.4) is 0 Å². The molecule has 142 valence electrons. The molecule has 0 radical (unpaired) electrons. The number of aliphatic carboxylic acids is 1. The third-order valence-corrected chi connectivity index (χ3v) is 5.41. The van der Waals surface area contributed by atoms with Gasteiger partial charge < -0.3 is 14.7 Å². The first-order valence-corrected chi connectivity index (χ1v) is 9.01. The van der Waals surface area contributed by atoms with E-state index in [0.29, 0.717) is 11.4 Å². The average Bonchev–Trinajstić information content (AvgIpc) is 2.75. The summed E-state index contributed by atoms with van der Waals surface area (Å²) in [7, 11) is -0.947. The molecule has 1 atom stereocenters. The molecule has 1 amide bonds. The molecule has 0 saturated heterocycles. The number of carboxylic acid groups (broad SMARTS) is 1. The molecule has 0 bridgehead atoms. The highest BCUT2D eigenvalue weighted by atomic mass is 32.2. The van der Waals surface area contributed by atoms with Crippen molar-refractivity contribution in [1.82, 2.24) is 19.4 Å². The van der Waals surface area contributed by atoms with Gasteiger partial charge in [0.2, 0.25) is 15.9 Å². The van der Waals surface area contributed by atoms with Gasteiger partial charge in [0.15, 0.2) is 0 Å². The van der Waals surface area contributed by atoms with Crippen LogP contribution in [0.5, 0.6) is 0 Å². The Balaban J connectivity index is 2.99. The zero-order valence-corrected chi connectivity index (χ0v) is 15.8. The summed E-state index contributed by atoms with van der Waals surface area (Å²) in [5.74, 6) is -1.85. The molecular formula is C14H24N4O6S. The number of carbonyl (C=O) groups is 2. The molecule has 0 fully saturated rings. The molecule has 0 aromatic carbocycles. The molecule has 1 aromatic rings. The minimum absolute atomic E-state index is 0.0105. The number of carbonyl (C=O) groups excluding carboxylic acids is 1. The standard InChI is InChI=1S/C14H24N4O6S/c1-9-13(11(3)17(4)15-9)25(22,23)16-10(2)14(21)18(6-7-24-5)8-12(19)20/h10,16H,6-8H2,1-5H3,(H,19,20). The van der Waals surface area contributed by atoms with E-state index in [1.807, 2.05) is 0 Å². The van der Waals surface area contributed by atoms with Gasteiger partial charge in [0.1, 0.15) is 11.4 Å². The van der Waals surface area contributed by atoms with Crippen LogP contribution >= 0.6 is 0 Å². The first-order valence-electron chi connectivity index (χ1n) is 7.53. The van der Waals surface area contributed by atoms with Crippen molar-refractivity contribution >= 4 is 21.9 Å². The van der Waals surface area contributed by atoms with Gasteiger partial charge in [0.25, 0.3) is 0 Å². The number of hydrogen-bond donors (Lipinski definition) is 2. The molecule has 0 spiro atoms. The van der Waals surface area contributed by atoms with Crippen LogP contribution in [-0.4, -0.2) is 72.9 Å². The summed E-state index contributed by atoms with van der Waals surface area (Å²) in [6, 6.07) is -1.14. The zero-order chi connectivity index (χ0) is 19.4. The maximum atomic E-state index is 12.6. The molecule has 10 nitrogen and oxygen atoms in total. The number of amides is 1. The SMILES string of the molecule is COCCN(CC(=O)O)C(=O)C(C)NS(=O)(=O)c1c(C)nn(C)c1C. The van der Waals surface area contributed by atoms with Crippen molar-refractivity contribution in [3.8, 4) is 0 Å². The van der Waals surface area contributed by atoms with Crippen LogP contribution in [0.1, 0.15) is 18.3 Å². The van der Waals surface area contributed by atoms with Crippen LogP contribution in [0.2, 0.25) is 0 Å². The Labute approximate surface area is 146 Å². The lowest BCUT2D eigenvalue weighted by Gasteiger charge is -2.24. The third kappa shape index (κ3) is 5.25. The molecule has 1 unspecified atom stereocenters. The predicted octanol–water partition coefficient (Wildman–Crippen LogP) is -0.737. The summed E-state index contributed by atoms with van der Waals surface area (Å²) in [6.07, 6.45) is 0.